The van der Waals surface area contributed by atoms with E-state index in [1.54, 1.807) is 5.56 Å². The standard InChI is InChI=1S/C19H28N2/c1-4-10-21-11-6-7-14(2)17-8-5-9-18-19(17)16(13-20-18)12-15(21)3/h5,8-9,13-15,20H,4,6-7,10-12H2,1-3H3/t14-,15+/m1/s1. The monoisotopic (exact) mass is 284 g/mol. The molecule has 0 saturated carbocycles. The normalized spacial score (nSPS) is 24.3. The number of nitrogens with zero attached hydrogens (tertiary/aromatic N) is 1. The minimum Gasteiger partial charge on any atom is -0.361 e. The van der Waals surface area contributed by atoms with E-state index in [4.69, 9.17) is 0 Å². The molecule has 0 saturated heterocycles. The summed E-state index contributed by atoms with van der Waals surface area (Å²) in [7, 11) is 0. The zero-order valence-corrected chi connectivity index (χ0v) is 13.7. The molecule has 0 aliphatic carbocycles. The highest BCUT2D eigenvalue weighted by Crippen LogP contribution is 2.32. The van der Waals surface area contributed by atoms with Crippen molar-refractivity contribution < 1.29 is 0 Å². The predicted molar refractivity (Wildman–Crippen MR) is 91.0 cm³/mol. The van der Waals surface area contributed by atoms with Gasteiger partial charge < -0.3 is 9.88 Å². The Kier molecular flexibility index (Phi) is 4.34. The van der Waals surface area contributed by atoms with Gasteiger partial charge in [-0.3, -0.25) is 0 Å². The predicted octanol–water partition coefficient (Wildman–Crippen LogP) is 4.71. The molecule has 1 aromatic heterocycles. The number of H-pyrrole nitrogens is 1. The molecule has 1 aliphatic rings. The molecule has 1 aromatic carbocycles. The van der Waals surface area contributed by atoms with Crippen LogP contribution in [0, 0.1) is 0 Å². The van der Waals surface area contributed by atoms with E-state index >= 15 is 0 Å². The minimum atomic E-state index is 0.630. The number of aromatic nitrogens is 1. The molecule has 2 heteroatoms. The highest BCUT2D eigenvalue weighted by Gasteiger charge is 2.20. The lowest BCUT2D eigenvalue weighted by atomic mass is 9.89. The van der Waals surface area contributed by atoms with E-state index in [0.717, 1.165) is 6.42 Å². The van der Waals surface area contributed by atoms with E-state index in [0.29, 0.717) is 12.0 Å². The third-order valence-corrected chi connectivity index (χ3v) is 5.08. The first-order valence-electron chi connectivity index (χ1n) is 8.53. The van der Waals surface area contributed by atoms with Gasteiger partial charge in [-0.2, -0.15) is 0 Å². The summed E-state index contributed by atoms with van der Waals surface area (Å²) in [5.74, 6) is 0.653. The Labute approximate surface area is 128 Å². The zero-order valence-electron chi connectivity index (χ0n) is 13.7. The quantitative estimate of drug-likeness (QED) is 0.846. The average Bonchev–Trinajstić information content (AvgIpc) is 2.88. The topological polar surface area (TPSA) is 19.0 Å². The average molecular weight is 284 g/mol. The van der Waals surface area contributed by atoms with Crippen molar-refractivity contribution in [3.63, 3.8) is 0 Å². The third kappa shape index (κ3) is 2.87. The number of aromatic amines is 1. The van der Waals surface area contributed by atoms with E-state index in [-0.39, 0.29) is 0 Å². The fourth-order valence-corrected chi connectivity index (χ4v) is 3.90. The summed E-state index contributed by atoms with van der Waals surface area (Å²) < 4.78 is 0. The van der Waals surface area contributed by atoms with Crippen molar-refractivity contribution in [2.75, 3.05) is 13.1 Å². The van der Waals surface area contributed by atoms with Crippen LogP contribution in [0.4, 0.5) is 0 Å². The van der Waals surface area contributed by atoms with Crippen molar-refractivity contribution in [3.8, 4) is 0 Å². The summed E-state index contributed by atoms with van der Waals surface area (Å²) >= 11 is 0. The lowest BCUT2D eigenvalue weighted by Crippen LogP contribution is -2.36. The second-order valence-electron chi connectivity index (χ2n) is 6.72. The van der Waals surface area contributed by atoms with Gasteiger partial charge in [0.15, 0.2) is 0 Å². The Morgan fingerprint density at radius 1 is 1.29 bits per heavy atom. The molecule has 0 fully saturated rings. The number of hydrogen-bond donors (Lipinski definition) is 1. The first-order valence-corrected chi connectivity index (χ1v) is 8.53. The lowest BCUT2D eigenvalue weighted by Gasteiger charge is -2.30. The minimum absolute atomic E-state index is 0.630. The first-order chi connectivity index (χ1) is 10.2. The molecule has 2 aromatic rings. The Bertz CT molecular complexity index is 599. The smallest absolute Gasteiger partial charge is 0.0459 e. The zero-order chi connectivity index (χ0) is 14.8. The summed E-state index contributed by atoms with van der Waals surface area (Å²) in [6.45, 7) is 9.54. The van der Waals surface area contributed by atoms with Crippen LogP contribution in [0.1, 0.15) is 57.1 Å². The number of hydrogen-bond acceptors (Lipinski definition) is 1. The second kappa shape index (κ2) is 6.23. The van der Waals surface area contributed by atoms with Crippen molar-refractivity contribution in [2.45, 2.75) is 58.4 Å². The molecule has 0 unspecified atom stereocenters. The molecule has 1 aliphatic heterocycles. The maximum absolute atomic E-state index is 3.49. The van der Waals surface area contributed by atoms with Crippen LogP contribution in [0.3, 0.4) is 0 Å². The van der Waals surface area contributed by atoms with Crippen LogP contribution >= 0.6 is 0 Å². The van der Waals surface area contributed by atoms with Crippen molar-refractivity contribution in [1.29, 1.82) is 0 Å². The molecule has 0 radical (unpaired) electrons. The molecule has 0 spiro atoms. The van der Waals surface area contributed by atoms with E-state index in [9.17, 15) is 0 Å². The van der Waals surface area contributed by atoms with Gasteiger partial charge in [0.2, 0.25) is 0 Å². The van der Waals surface area contributed by atoms with Crippen LogP contribution in [-0.4, -0.2) is 29.0 Å². The van der Waals surface area contributed by atoms with E-state index in [1.807, 2.05) is 0 Å². The molecule has 3 rings (SSSR count). The van der Waals surface area contributed by atoms with Crippen LogP contribution in [0.15, 0.2) is 24.4 Å². The summed E-state index contributed by atoms with van der Waals surface area (Å²) in [5, 5.41) is 1.50. The Balaban J connectivity index is 2.02. The molecular formula is C19H28N2. The molecule has 21 heavy (non-hydrogen) atoms. The molecule has 1 N–H and O–H groups in total. The van der Waals surface area contributed by atoms with Crippen molar-refractivity contribution in [1.82, 2.24) is 9.88 Å². The third-order valence-electron chi connectivity index (χ3n) is 5.08. The number of benzene rings is 1. The molecule has 2 atom stereocenters. The van der Waals surface area contributed by atoms with Crippen LogP contribution in [0.25, 0.3) is 10.9 Å². The van der Waals surface area contributed by atoms with Gasteiger partial charge in [-0.15, -0.1) is 0 Å². The van der Waals surface area contributed by atoms with Gasteiger partial charge >= 0.3 is 0 Å². The maximum Gasteiger partial charge on any atom is 0.0459 e. The van der Waals surface area contributed by atoms with E-state index < -0.39 is 0 Å². The Morgan fingerprint density at radius 2 is 2.14 bits per heavy atom. The Morgan fingerprint density at radius 3 is 2.95 bits per heavy atom. The lowest BCUT2D eigenvalue weighted by molar-refractivity contribution is 0.202. The summed E-state index contributed by atoms with van der Waals surface area (Å²) in [6, 6.07) is 7.38. The molecule has 2 heterocycles. The molecule has 2 nitrogen and oxygen atoms in total. The molecule has 114 valence electrons. The van der Waals surface area contributed by atoms with Crippen molar-refractivity contribution in [3.05, 3.63) is 35.5 Å². The van der Waals surface area contributed by atoms with E-state index in [2.05, 4.69) is 55.1 Å². The SMILES string of the molecule is CCCN1CCC[C@@H](C)c2cccc3[nH]cc(c23)C[C@@H]1C. The van der Waals surface area contributed by atoms with Gasteiger partial charge in [0.1, 0.15) is 0 Å². The summed E-state index contributed by atoms with van der Waals surface area (Å²) in [5.41, 5.74) is 4.35. The first kappa shape index (κ1) is 14.6. The summed E-state index contributed by atoms with van der Waals surface area (Å²) in [4.78, 5) is 6.17. The molecule has 0 bridgehead atoms. The van der Waals surface area contributed by atoms with Crippen LogP contribution in [0.2, 0.25) is 0 Å². The van der Waals surface area contributed by atoms with Gasteiger partial charge in [0.05, 0.1) is 0 Å². The molecule has 0 amide bonds. The van der Waals surface area contributed by atoms with Crippen LogP contribution in [0.5, 0.6) is 0 Å². The second-order valence-corrected chi connectivity index (χ2v) is 6.72. The van der Waals surface area contributed by atoms with Gasteiger partial charge in [0.25, 0.3) is 0 Å². The fraction of sp³-hybridized carbons (Fsp3) is 0.579. The number of nitrogens with one attached hydrogen (secondary N) is 1. The number of rotatable bonds is 2. The largest absolute Gasteiger partial charge is 0.361 e. The van der Waals surface area contributed by atoms with E-state index in [1.165, 1.54) is 48.8 Å². The van der Waals surface area contributed by atoms with Crippen molar-refractivity contribution in [2.24, 2.45) is 0 Å². The van der Waals surface area contributed by atoms with Gasteiger partial charge in [-0.05, 0) is 68.8 Å². The van der Waals surface area contributed by atoms with Gasteiger partial charge in [-0.1, -0.05) is 26.0 Å². The highest BCUT2D eigenvalue weighted by molar-refractivity contribution is 5.87. The fourth-order valence-electron chi connectivity index (χ4n) is 3.90. The van der Waals surface area contributed by atoms with Crippen LogP contribution < -0.4 is 0 Å². The maximum atomic E-state index is 3.49. The summed E-state index contributed by atoms with van der Waals surface area (Å²) in [6.07, 6.45) is 7.24. The van der Waals surface area contributed by atoms with Crippen molar-refractivity contribution >= 4 is 10.9 Å². The highest BCUT2D eigenvalue weighted by atomic mass is 15.1. The Hall–Kier alpha value is -1.28. The van der Waals surface area contributed by atoms with Gasteiger partial charge in [-0.25, -0.2) is 0 Å². The van der Waals surface area contributed by atoms with Gasteiger partial charge in [0, 0.05) is 23.1 Å². The van der Waals surface area contributed by atoms with Crippen LogP contribution in [-0.2, 0) is 6.42 Å². The molecular weight excluding hydrogens is 256 g/mol.